The first-order chi connectivity index (χ1) is 8.15. The molecule has 1 aliphatic rings. The highest BCUT2D eigenvalue weighted by atomic mass is 32.2. The maximum absolute atomic E-state index is 11.5. The SMILES string of the molecule is CCC(=O)C=C1Sc2ccc(C)cc2N1CC. The van der Waals surface area contributed by atoms with Gasteiger partial charge in [0.05, 0.1) is 10.7 Å². The van der Waals surface area contributed by atoms with Crippen LogP contribution < -0.4 is 4.90 Å². The Bertz CT molecular complexity index is 479. The van der Waals surface area contributed by atoms with E-state index in [2.05, 4.69) is 36.9 Å². The van der Waals surface area contributed by atoms with Gasteiger partial charge in [0.15, 0.2) is 5.78 Å². The molecule has 0 atom stereocenters. The lowest BCUT2D eigenvalue weighted by molar-refractivity contribution is -0.114. The number of hydrogen-bond donors (Lipinski definition) is 0. The molecule has 0 unspecified atom stereocenters. The summed E-state index contributed by atoms with van der Waals surface area (Å²) in [5.41, 5.74) is 2.48. The van der Waals surface area contributed by atoms with Crippen LogP contribution in [0.2, 0.25) is 0 Å². The molecule has 0 N–H and O–H groups in total. The number of rotatable bonds is 3. The highest BCUT2D eigenvalue weighted by Gasteiger charge is 2.24. The molecule has 1 aliphatic heterocycles. The van der Waals surface area contributed by atoms with E-state index in [4.69, 9.17) is 0 Å². The zero-order valence-electron chi connectivity index (χ0n) is 10.5. The van der Waals surface area contributed by atoms with Crippen molar-refractivity contribution in [3.8, 4) is 0 Å². The summed E-state index contributed by atoms with van der Waals surface area (Å²) in [7, 11) is 0. The number of carbonyl (C=O) groups is 1. The van der Waals surface area contributed by atoms with E-state index in [1.807, 2.05) is 6.92 Å². The van der Waals surface area contributed by atoms with E-state index < -0.39 is 0 Å². The molecule has 2 nitrogen and oxygen atoms in total. The van der Waals surface area contributed by atoms with Gasteiger partial charge in [0.2, 0.25) is 0 Å². The molecular weight excluding hydrogens is 230 g/mol. The standard InChI is InChI=1S/C14H17NOS/c1-4-11(16)9-14-15(5-2)12-8-10(3)6-7-13(12)17-14/h6-9H,4-5H2,1-3H3. The molecule has 0 saturated heterocycles. The van der Waals surface area contributed by atoms with Crippen LogP contribution in [0, 0.1) is 6.92 Å². The van der Waals surface area contributed by atoms with Gasteiger partial charge in [-0.15, -0.1) is 0 Å². The van der Waals surface area contributed by atoms with Crippen molar-refractivity contribution >= 4 is 23.2 Å². The number of hydrogen-bond acceptors (Lipinski definition) is 3. The topological polar surface area (TPSA) is 20.3 Å². The Hall–Kier alpha value is -1.22. The lowest BCUT2D eigenvalue weighted by atomic mass is 10.2. The van der Waals surface area contributed by atoms with Crippen LogP contribution in [0.25, 0.3) is 0 Å². The third-order valence-electron chi connectivity index (χ3n) is 2.83. The molecule has 0 fully saturated rings. The summed E-state index contributed by atoms with van der Waals surface area (Å²) in [6.45, 7) is 7.00. The third kappa shape index (κ3) is 2.39. The highest BCUT2D eigenvalue weighted by molar-refractivity contribution is 8.03. The molecule has 0 aliphatic carbocycles. The second-order valence-electron chi connectivity index (χ2n) is 4.12. The van der Waals surface area contributed by atoms with Crippen molar-refractivity contribution in [2.45, 2.75) is 32.1 Å². The first kappa shape index (κ1) is 12.2. The molecule has 0 amide bonds. The number of benzene rings is 1. The summed E-state index contributed by atoms with van der Waals surface area (Å²) in [5.74, 6) is 0.190. The van der Waals surface area contributed by atoms with E-state index in [1.54, 1.807) is 17.8 Å². The second kappa shape index (κ2) is 4.96. The molecule has 0 aromatic heterocycles. The van der Waals surface area contributed by atoms with Gasteiger partial charge in [-0.25, -0.2) is 0 Å². The summed E-state index contributed by atoms with van der Waals surface area (Å²) < 4.78 is 0. The number of aryl methyl sites for hydroxylation is 1. The predicted octanol–water partition coefficient (Wildman–Crippen LogP) is 3.75. The molecule has 0 radical (unpaired) electrons. The van der Waals surface area contributed by atoms with Gasteiger partial charge in [-0.2, -0.15) is 0 Å². The van der Waals surface area contributed by atoms with E-state index in [1.165, 1.54) is 16.1 Å². The molecule has 0 saturated carbocycles. The number of thioether (sulfide) groups is 1. The Morgan fingerprint density at radius 1 is 1.41 bits per heavy atom. The number of ketones is 1. The van der Waals surface area contributed by atoms with E-state index in [0.29, 0.717) is 6.42 Å². The maximum Gasteiger partial charge on any atom is 0.158 e. The Morgan fingerprint density at radius 3 is 2.82 bits per heavy atom. The predicted molar refractivity (Wildman–Crippen MR) is 73.4 cm³/mol. The summed E-state index contributed by atoms with van der Waals surface area (Å²) >= 11 is 1.69. The molecule has 2 rings (SSSR count). The Labute approximate surface area is 107 Å². The van der Waals surface area contributed by atoms with E-state index in [9.17, 15) is 4.79 Å². The molecule has 1 heterocycles. The largest absolute Gasteiger partial charge is 0.335 e. The van der Waals surface area contributed by atoms with Crippen LogP contribution in [-0.4, -0.2) is 12.3 Å². The minimum Gasteiger partial charge on any atom is -0.335 e. The Balaban J connectivity index is 2.38. The van der Waals surface area contributed by atoms with Crippen LogP contribution >= 0.6 is 11.8 Å². The van der Waals surface area contributed by atoms with Crippen LogP contribution in [0.1, 0.15) is 25.8 Å². The second-order valence-corrected chi connectivity index (χ2v) is 5.18. The molecule has 0 bridgehead atoms. The van der Waals surface area contributed by atoms with Crippen molar-refractivity contribution in [1.82, 2.24) is 0 Å². The first-order valence-electron chi connectivity index (χ1n) is 5.96. The smallest absolute Gasteiger partial charge is 0.158 e. The van der Waals surface area contributed by atoms with E-state index in [0.717, 1.165) is 11.6 Å². The fraction of sp³-hybridized carbons (Fsp3) is 0.357. The molecule has 0 spiro atoms. The fourth-order valence-electron chi connectivity index (χ4n) is 1.88. The van der Waals surface area contributed by atoms with Crippen LogP contribution in [0.15, 0.2) is 34.2 Å². The Morgan fingerprint density at radius 2 is 2.18 bits per heavy atom. The lowest BCUT2D eigenvalue weighted by Gasteiger charge is -2.18. The van der Waals surface area contributed by atoms with Gasteiger partial charge in [0.25, 0.3) is 0 Å². The number of allylic oxidation sites excluding steroid dienone is 1. The molecule has 1 aromatic carbocycles. The molecular formula is C14H17NOS. The van der Waals surface area contributed by atoms with Crippen LogP contribution in [0.3, 0.4) is 0 Å². The minimum absolute atomic E-state index is 0.190. The van der Waals surface area contributed by atoms with Gasteiger partial charge in [-0.3, -0.25) is 4.79 Å². The molecule has 3 heteroatoms. The van der Waals surface area contributed by atoms with Crippen molar-refractivity contribution in [2.75, 3.05) is 11.4 Å². The average molecular weight is 247 g/mol. The van der Waals surface area contributed by atoms with Crippen molar-refractivity contribution in [3.05, 3.63) is 34.9 Å². The summed E-state index contributed by atoms with van der Waals surface area (Å²) in [6, 6.07) is 6.43. The van der Waals surface area contributed by atoms with Gasteiger partial charge in [0.1, 0.15) is 0 Å². The average Bonchev–Trinajstić information content (AvgIpc) is 2.65. The third-order valence-corrected chi connectivity index (χ3v) is 3.95. The number of carbonyl (C=O) groups excluding carboxylic acids is 1. The number of anilines is 1. The van der Waals surface area contributed by atoms with Crippen molar-refractivity contribution < 1.29 is 4.79 Å². The molecule has 17 heavy (non-hydrogen) atoms. The van der Waals surface area contributed by atoms with Crippen LogP contribution in [-0.2, 0) is 4.79 Å². The first-order valence-corrected chi connectivity index (χ1v) is 6.78. The van der Waals surface area contributed by atoms with Gasteiger partial charge in [-0.1, -0.05) is 24.8 Å². The highest BCUT2D eigenvalue weighted by Crippen LogP contribution is 2.46. The van der Waals surface area contributed by atoms with Gasteiger partial charge in [0, 0.05) is 23.9 Å². The van der Waals surface area contributed by atoms with Crippen molar-refractivity contribution in [3.63, 3.8) is 0 Å². The van der Waals surface area contributed by atoms with Gasteiger partial charge in [-0.05, 0) is 31.5 Å². The summed E-state index contributed by atoms with van der Waals surface area (Å²) in [5, 5.41) is 1.06. The van der Waals surface area contributed by atoms with Crippen LogP contribution in [0.4, 0.5) is 5.69 Å². The van der Waals surface area contributed by atoms with E-state index in [-0.39, 0.29) is 5.78 Å². The summed E-state index contributed by atoms with van der Waals surface area (Å²) in [4.78, 5) is 15.0. The zero-order chi connectivity index (χ0) is 12.4. The normalized spacial score (nSPS) is 16.4. The zero-order valence-corrected chi connectivity index (χ0v) is 11.3. The fourth-order valence-corrected chi connectivity index (χ4v) is 3.05. The number of fused-ring (bicyclic) bond motifs is 1. The quantitative estimate of drug-likeness (QED) is 0.759. The summed E-state index contributed by atoms with van der Waals surface area (Å²) in [6.07, 6.45) is 2.33. The molecule has 90 valence electrons. The lowest BCUT2D eigenvalue weighted by Crippen LogP contribution is -2.17. The van der Waals surface area contributed by atoms with E-state index >= 15 is 0 Å². The Kier molecular flexibility index (Phi) is 3.57. The van der Waals surface area contributed by atoms with Gasteiger partial charge >= 0.3 is 0 Å². The minimum atomic E-state index is 0.190. The van der Waals surface area contributed by atoms with Crippen molar-refractivity contribution in [1.29, 1.82) is 0 Å². The van der Waals surface area contributed by atoms with Crippen molar-refractivity contribution in [2.24, 2.45) is 0 Å². The van der Waals surface area contributed by atoms with Gasteiger partial charge < -0.3 is 4.90 Å². The monoisotopic (exact) mass is 247 g/mol. The van der Waals surface area contributed by atoms with Crippen LogP contribution in [0.5, 0.6) is 0 Å². The maximum atomic E-state index is 11.5. The molecule has 1 aromatic rings. The number of nitrogens with zero attached hydrogens (tertiary/aromatic N) is 1.